The van der Waals surface area contributed by atoms with Crippen molar-refractivity contribution in [2.24, 2.45) is 13.0 Å². The Bertz CT molecular complexity index is 776. The number of rotatable bonds is 6. The maximum atomic E-state index is 12.7. The number of sulfonamides is 1. The number of aryl methyl sites for hydroxylation is 2. The molecule has 0 aromatic carbocycles. The standard InChI is InChI=1S/C16H26N4O5S/c1-5-16(3,15(22)23)18-14(21)12-6-8-20(9-7-12)26(24,25)13-10-19(4)11(2)17-13/h10,12H,5-9H2,1-4H3,(H,18,21)(H,22,23). The van der Waals surface area contributed by atoms with Gasteiger partial charge in [-0.25, -0.2) is 18.2 Å². The molecule has 0 aliphatic carbocycles. The zero-order chi connectivity index (χ0) is 19.7. The number of amides is 1. The predicted octanol–water partition coefficient (Wildman–Crippen LogP) is 0.499. The van der Waals surface area contributed by atoms with Crippen LogP contribution in [-0.2, 0) is 26.7 Å². The number of nitrogens with zero attached hydrogens (tertiary/aromatic N) is 3. The van der Waals surface area contributed by atoms with Gasteiger partial charge in [0.15, 0.2) is 5.03 Å². The van der Waals surface area contributed by atoms with Gasteiger partial charge in [-0.1, -0.05) is 6.92 Å². The molecule has 10 heteroatoms. The maximum absolute atomic E-state index is 12.7. The van der Waals surface area contributed by atoms with Crippen LogP contribution in [0.3, 0.4) is 0 Å². The summed E-state index contributed by atoms with van der Waals surface area (Å²) in [7, 11) is -1.96. The molecule has 2 N–H and O–H groups in total. The van der Waals surface area contributed by atoms with E-state index in [0.717, 1.165) is 0 Å². The Morgan fingerprint density at radius 2 is 1.96 bits per heavy atom. The summed E-state index contributed by atoms with van der Waals surface area (Å²) in [6.45, 7) is 5.29. The Balaban J connectivity index is 2.02. The number of piperidine rings is 1. The van der Waals surface area contributed by atoms with Crippen molar-refractivity contribution in [2.45, 2.75) is 50.6 Å². The number of aliphatic carboxylic acids is 1. The molecule has 1 unspecified atom stereocenters. The molecular formula is C16H26N4O5S. The Kier molecular flexibility index (Phi) is 5.76. The van der Waals surface area contributed by atoms with Gasteiger partial charge in [0.1, 0.15) is 11.4 Å². The van der Waals surface area contributed by atoms with Crippen LogP contribution in [0.2, 0.25) is 0 Å². The lowest BCUT2D eigenvalue weighted by Gasteiger charge is -2.32. The van der Waals surface area contributed by atoms with E-state index in [1.807, 2.05) is 0 Å². The van der Waals surface area contributed by atoms with Gasteiger partial charge in [0.2, 0.25) is 5.91 Å². The van der Waals surface area contributed by atoms with Crippen molar-refractivity contribution in [3.63, 3.8) is 0 Å². The number of hydrogen-bond acceptors (Lipinski definition) is 5. The molecule has 1 amide bonds. The predicted molar refractivity (Wildman–Crippen MR) is 93.9 cm³/mol. The molecule has 0 radical (unpaired) electrons. The number of imidazole rings is 1. The van der Waals surface area contributed by atoms with Crippen LogP contribution in [0.1, 0.15) is 38.9 Å². The van der Waals surface area contributed by atoms with Crippen molar-refractivity contribution >= 4 is 21.9 Å². The van der Waals surface area contributed by atoms with Crippen LogP contribution in [0.5, 0.6) is 0 Å². The Morgan fingerprint density at radius 1 is 1.38 bits per heavy atom. The van der Waals surface area contributed by atoms with Gasteiger partial charge < -0.3 is 15.0 Å². The first-order valence-corrected chi connectivity index (χ1v) is 10.0. The third-order valence-electron chi connectivity index (χ3n) is 5.09. The summed E-state index contributed by atoms with van der Waals surface area (Å²) in [4.78, 5) is 27.8. The van der Waals surface area contributed by atoms with Gasteiger partial charge in [-0.2, -0.15) is 4.31 Å². The maximum Gasteiger partial charge on any atom is 0.329 e. The first kappa shape index (κ1) is 20.4. The summed E-state index contributed by atoms with van der Waals surface area (Å²) in [5.74, 6) is -1.23. The summed E-state index contributed by atoms with van der Waals surface area (Å²) < 4.78 is 28.3. The van der Waals surface area contributed by atoms with Gasteiger partial charge in [0.25, 0.3) is 10.0 Å². The highest BCUT2D eigenvalue weighted by atomic mass is 32.2. The molecule has 9 nitrogen and oxygen atoms in total. The molecular weight excluding hydrogens is 360 g/mol. The smallest absolute Gasteiger partial charge is 0.329 e. The van der Waals surface area contributed by atoms with Crippen molar-refractivity contribution in [2.75, 3.05) is 13.1 Å². The normalized spacial score (nSPS) is 19.1. The highest BCUT2D eigenvalue weighted by molar-refractivity contribution is 7.89. The highest BCUT2D eigenvalue weighted by Gasteiger charge is 2.38. The van der Waals surface area contributed by atoms with E-state index >= 15 is 0 Å². The monoisotopic (exact) mass is 386 g/mol. The lowest BCUT2D eigenvalue weighted by Crippen LogP contribution is -2.54. The van der Waals surface area contributed by atoms with E-state index in [1.54, 1.807) is 25.5 Å². The molecule has 1 aromatic rings. The van der Waals surface area contributed by atoms with E-state index in [9.17, 15) is 23.1 Å². The Labute approximate surface area is 153 Å². The number of carboxylic acid groups (broad SMARTS) is 1. The van der Waals surface area contributed by atoms with E-state index in [1.165, 1.54) is 17.4 Å². The van der Waals surface area contributed by atoms with E-state index in [-0.39, 0.29) is 30.4 Å². The van der Waals surface area contributed by atoms with E-state index in [4.69, 9.17) is 0 Å². The lowest BCUT2D eigenvalue weighted by molar-refractivity contribution is -0.147. The Morgan fingerprint density at radius 3 is 2.38 bits per heavy atom. The first-order chi connectivity index (χ1) is 12.0. The fraction of sp³-hybridized carbons (Fsp3) is 0.688. The van der Waals surface area contributed by atoms with E-state index < -0.39 is 27.4 Å². The van der Waals surface area contributed by atoms with Crippen molar-refractivity contribution in [1.29, 1.82) is 0 Å². The van der Waals surface area contributed by atoms with Crippen LogP contribution >= 0.6 is 0 Å². The van der Waals surface area contributed by atoms with Crippen LogP contribution in [0.4, 0.5) is 0 Å². The third-order valence-corrected chi connectivity index (χ3v) is 6.86. The van der Waals surface area contributed by atoms with E-state index in [0.29, 0.717) is 18.7 Å². The topological polar surface area (TPSA) is 122 Å². The highest BCUT2D eigenvalue weighted by Crippen LogP contribution is 2.24. The minimum atomic E-state index is -3.69. The molecule has 1 aliphatic rings. The second-order valence-corrected chi connectivity index (χ2v) is 8.78. The minimum absolute atomic E-state index is 0.00448. The molecule has 1 aliphatic heterocycles. The number of carbonyl (C=O) groups excluding carboxylic acids is 1. The zero-order valence-electron chi connectivity index (χ0n) is 15.5. The lowest BCUT2D eigenvalue weighted by atomic mass is 9.93. The second kappa shape index (κ2) is 7.36. The number of aromatic nitrogens is 2. The number of hydrogen-bond donors (Lipinski definition) is 2. The molecule has 2 heterocycles. The summed E-state index contributed by atoms with van der Waals surface area (Å²) in [5.41, 5.74) is -1.31. The number of nitrogens with one attached hydrogen (secondary N) is 1. The van der Waals surface area contributed by atoms with Crippen molar-refractivity contribution in [3.8, 4) is 0 Å². The molecule has 0 saturated carbocycles. The molecule has 1 aromatic heterocycles. The number of carboxylic acids is 1. The van der Waals surface area contributed by atoms with E-state index in [2.05, 4.69) is 10.3 Å². The Hall–Kier alpha value is -1.94. The number of carbonyl (C=O) groups is 2. The zero-order valence-corrected chi connectivity index (χ0v) is 16.3. The average molecular weight is 386 g/mol. The fourth-order valence-electron chi connectivity index (χ4n) is 2.81. The van der Waals surface area contributed by atoms with Crippen LogP contribution in [-0.4, -0.2) is 57.9 Å². The van der Waals surface area contributed by atoms with Crippen molar-refractivity contribution < 1.29 is 23.1 Å². The van der Waals surface area contributed by atoms with Crippen molar-refractivity contribution in [3.05, 3.63) is 12.0 Å². The molecule has 2 rings (SSSR count). The molecule has 1 fully saturated rings. The largest absolute Gasteiger partial charge is 0.480 e. The summed E-state index contributed by atoms with van der Waals surface area (Å²) in [6.07, 6.45) is 2.43. The average Bonchev–Trinajstić information content (AvgIpc) is 2.94. The van der Waals surface area contributed by atoms with Gasteiger partial charge in [0, 0.05) is 32.3 Å². The molecule has 0 spiro atoms. The van der Waals surface area contributed by atoms with Gasteiger partial charge >= 0.3 is 5.97 Å². The summed E-state index contributed by atoms with van der Waals surface area (Å²) in [6, 6.07) is 0. The van der Waals surface area contributed by atoms with Crippen LogP contribution in [0.15, 0.2) is 11.2 Å². The molecule has 0 bridgehead atoms. The SMILES string of the molecule is CCC(C)(NC(=O)C1CCN(S(=O)(=O)c2cn(C)c(C)n2)CC1)C(=O)O. The van der Waals surface area contributed by atoms with Crippen LogP contribution in [0.25, 0.3) is 0 Å². The first-order valence-electron chi connectivity index (χ1n) is 8.57. The molecule has 1 atom stereocenters. The minimum Gasteiger partial charge on any atom is -0.480 e. The van der Waals surface area contributed by atoms with Gasteiger partial charge in [0.05, 0.1) is 0 Å². The van der Waals surface area contributed by atoms with Crippen LogP contribution in [0, 0.1) is 12.8 Å². The van der Waals surface area contributed by atoms with Gasteiger partial charge in [-0.3, -0.25) is 4.79 Å². The fourth-order valence-corrected chi connectivity index (χ4v) is 4.30. The molecule has 26 heavy (non-hydrogen) atoms. The summed E-state index contributed by atoms with van der Waals surface area (Å²) >= 11 is 0. The molecule has 146 valence electrons. The second-order valence-electron chi connectivity index (χ2n) is 6.90. The van der Waals surface area contributed by atoms with Gasteiger partial charge in [-0.05, 0) is 33.1 Å². The summed E-state index contributed by atoms with van der Waals surface area (Å²) in [5, 5.41) is 11.9. The van der Waals surface area contributed by atoms with Gasteiger partial charge in [-0.15, -0.1) is 0 Å². The molecule has 1 saturated heterocycles. The quantitative estimate of drug-likeness (QED) is 0.734. The third kappa shape index (κ3) is 3.90. The van der Waals surface area contributed by atoms with Crippen LogP contribution < -0.4 is 5.32 Å². The van der Waals surface area contributed by atoms with Crippen molar-refractivity contribution in [1.82, 2.24) is 19.2 Å².